The number of hydrogen-bond acceptors (Lipinski definition) is 6. The smallest absolute Gasteiger partial charge is 0.203 e. The van der Waals surface area contributed by atoms with Crippen LogP contribution in [0.25, 0.3) is 0 Å². The molecule has 0 radical (unpaired) electrons. The molecule has 0 aliphatic carbocycles. The van der Waals surface area contributed by atoms with E-state index in [1.807, 2.05) is 12.1 Å². The Labute approximate surface area is 199 Å². The van der Waals surface area contributed by atoms with Crippen LogP contribution < -0.4 is 24.8 Å². The van der Waals surface area contributed by atoms with E-state index in [2.05, 4.69) is 62.2 Å². The number of nitrogens with one attached hydrogen (secondary N) is 2. The van der Waals surface area contributed by atoms with Gasteiger partial charge in [0, 0.05) is 36.8 Å². The number of methoxy groups -OCH3 is 3. The van der Waals surface area contributed by atoms with Crippen LogP contribution in [0, 0.1) is 0 Å². The minimum absolute atomic E-state index is 0.0558. The second-order valence-corrected chi connectivity index (χ2v) is 10.6. The van der Waals surface area contributed by atoms with Crippen molar-refractivity contribution < 1.29 is 14.2 Å². The van der Waals surface area contributed by atoms with E-state index < -0.39 is 0 Å². The lowest BCUT2D eigenvalue weighted by Gasteiger charge is -2.47. The van der Waals surface area contributed by atoms with Crippen molar-refractivity contribution in [3.63, 3.8) is 0 Å². The van der Waals surface area contributed by atoms with Gasteiger partial charge >= 0.3 is 0 Å². The highest BCUT2D eigenvalue weighted by molar-refractivity contribution is 7.80. The lowest BCUT2D eigenvalue weighted by molar-refractivity contribution is 0.153. The molecular weight excluding hydrogens is 424 g/mol. The fourth-order valence-electron chi connectivity index (χ4n) is 4.71. The molecule has 1 aliphatic heterocycles. The van der Waals surface area contributed by atoms with Gasteiger partial charge in [-0.05, 0) is 84.5 Å². The predicted molar refractivity (Wildman–Crippen MR) is 135 cm³/mol. The molecule has 0 spiro atoms. The van der Waals surface area contributed by atoms with Crippen LogP contribution in [0.2, 0.25) is 0 Å². The van der Waals surface area contributed by atoms with Crippen molar-refractivity contribution in [1.82, 2.24) is 20.4 Å². The molecule has 1 saturated heterocycles. The zero-order valence-electron chi connectivity index (χ0n) is 21.3. The molecule has 2 rings (SSSR count). The number of piperidine rings is 1. The maximum Gasteiger partial charge on any atom is 0.203 e. The first-order valence-corrected chi connectivity index (χ1v) is 11.6. The van der Waals surface area contributed by atoms with Crippen LogP contribution in [0.1, 0.15) is 46.1 Å². The molecule has 0 aromatic heterocycles. The number of benzene rings is 1. The Bertz CT molecular complexity index is 742. The van der Waals surface area contributed by atoms with Crippen LogP contribution in [-0.4, -0.2) is 80.5 Å². The van der Waals surface area contributed by atoms with Crippen molar-refractivity contribution in [2.75, 3.05) is 48.5 Å². The topological polar surface area (TPSA) is 58.2 Å². The van der Waals surface area contributed by atoms with E-state index in [0.29, 0.717) is 29.8 Å². The van der Waals surface area contributed by atoms with Crippen molar-refractivity contribution in [2.24, 2.45) is 0 Å². The summed E-state index contributed by atoms with van der Waals surface area (Å²) in [5.41, 5.74) is 1.16. The standard InChI is InChI=1S/C24H42N4O3S/c1-23(2)14-18(15-24(3,4)26-23)25-22(32)28(11-10-27(5)6)16-17-12-19(29-7)21(31-9)20(13-17)30-8/h12-13,18,26H,10-11,14-16H2,1-9H3,(H,25,32). The summed E-state index contributed by atoms with van der Waals surface area (Å²) in [6.45, 7) is 11.4. The minimum Gasteiger partial charge on any atom is -0.493 e. The average Bonchev–Trinajstić information content (AvgIpc) is 2.67. The first-order valence-electron chi connectivity index (χ1n) is 11.2. The summed E-state index contributed by atoms with van der Waals surface area (Å²) in [6.07, 6.45) is 2.03. The van der Waals surface area contributed by atoms with Crippen molar-refractivity contribution >= 4 is 17.3 Å². The van der Waals surface area contributed by atoms with Gasteiger partial charge < -0.3 is 34.6 Å². The Balaban J connectivity index is 2.23. The summed E-state index contributed by atoms with van der Waals surface area (Å²) >= 11 is 5.92. The molecule has 0 unspecified atom stereocenters. The third-order valence-corrected chi connectivity index (χ3v) is 6.10. The quantitative estimate of drug-likeness (QED) is 0.538. The van der Waals surface area contributed by atoms with Crippen LogP contribution in [0.15, 0.2) is 12.1 Å². The lowest BCUT2D eigenvalue weighted by Crippen LogP contribution is -2.63. The Kier molecular flexibility index (Phi) is 9.02. The molecule has 0 bridgehead atoms. The van der Waals surface area contributed by atoms with Gasteiger partial charge in [0.25, 0.3) is 0 Å². The van der Waals surface area contributed by atoms with Crippen molar-refractivity contribution in [3.8, 4) is 17.2 Å². The zero-order valence-corrected chi connectivity index (χ0v) is 22.1. The van der Waals surface area contributed by atoms with Crippen molar-refractivity contribution in [2.45, 2.75) is 64.2 Å². The molecule has 1 fully saturated rings. The fourth-order valence-corrected chi connectivity index (χ4v) is 5.03. The number of thiocarbonyl (C=S) groups is 1. The van der Waals surface area contributed by atoms with E-state index in [1.165, 1.54) is 0 Å². The van der Waals surface area contributed by atoms with Gasteiger partial charge in [0.15, 0.2) is 16.6 Å². The zero-order chi connectivity index (χ0) is 24.1. The number of nitrogens with zero attached hydrogens (tertiary/aromatic N) is 2. The van der Waals surface area contributed by atoms with Gasteiger partial charge in [-0.3, -0.25) is 0 Å². The van der Waals surface area contributed by atoms with Gasteiger partial charge in [-0.1, -0.05) is 0 Å². The molecule has 0 amide bonds. The van der Waals surface area contributed by atoms with Crippen molar-refractivity contribution in [1.29, 1.82) is 0 Å². The van der Waals surface area contributed by atoms with Crippen LogP contribution >= 0.6 is 12.2 Å². The SMILES string of the molecule is COc1cc(CN(CCN(C)C)C(=S)NC2CC(C)(C)NC(C)(C)C2)cc(OC)c1OC. The molecule has 182 valence electrons. The monoisotopic (exact) mass is 466 g/mol. The predicted octanol–water partition coefficient (Wildman–Crippen LogP) is 3.26. The highest BCUT2D eigenvalue weighted by Crippen LogP contribution is 2.38. The van der Waals surface area contributed by atoms with E-state index >= 15 is 0 Å². The summed E-state index contributed by atoms with van der Waals surface area (Å²) < 4.78 is 16.5. The molecule has 1 heterocycles. The van der Waals surface area contributed by atoms with Crippen LogP contribution in [0.4, 0.5) is 0 Å². The number of rotatable bonds is 9. The molecule has 0 saturated carbocycles. The average molecular weight is 467 g/mol. The summed E-state index contributed by atoms with van der Waals surface area (Å²) in [5.74, 6) is 1.89. The van der Waals surface area contributed by atoms with Gasteiger partial charge in [-0.2, -0.15) is 0 Å². The van der Waals surface area contributed by atoms with Crippen LogP contribution in [0.5, 0.6) is 17.2 Å². The number of ether oxygens (including phenoxy) is 3. The first kappa shape index (κ1) is 26.5. The Morgan fingerprint density at radius 1 is 1.00 bits per heavy atom. The molecule has 2 N–H and O–H groups in total. The van der Waals surface area contributed by atoms with Gasteiger partial charge in [0.1, 0.15) is 0 Å². The van der Waals surface area contributed by atoms with Gasteiger partial charge in [-0.15, -0.1) is 0 Å². The maximum atomic E-state index is 5.92. The van der Waals surface area contributed by atoms with Crippen LogP contribution in [-0.2, 0) is 6.54 Å². The molecule has 32 heavy (non-hydrogen) atoms. The van der Waals surface area contributed by atoms with Crippen molar-refractivity contribution in [3.05, 3.63) is 17.7 Å². The molecule has 1 aliphatic rings. The third-order valence-electron chi connectivity index (χ3n) is 5.72. The Morgan fingerprint density at radius 3 is 1.97 bits per heavy atom. The number of hydrogen-bond donors (Lipinski definition) is 2. The molecule has 7 nitrogen and oxygen atoms in total. The second-order valence-electron chi connectivity index (χ2n) is 10.2. The van der Waals surface area contributed by atoms with E-state index in [1.54, 1.807) is 21.3 Å². The minimum atomic E-state index is 0.0558. The van der Waals surface area contributed by atoms with E-state index in [0.717, 1.165) is 36.6 Å². The molecular formula is C24H42N4O3S. The largest absolute Gasteiger partial charge is 0.493 e. The molecule has 1 aromatic rings. The van der Waals surface area contributed by atoms with Gasteiger partial charge in [-0.25, -0.2) is 0 Å². The Hall–Kier alpha value is -1.77. The summed E-state index contributed by atoms with van der Waals surface area (Å²) in [5, 5.41) is 8.18. The first-order chi connectivity index (χ1) is 14.9. The van der Waals surface area contributed by atoms with Gasteiger partial charge in [0.2, 0.25) is 5.75 Å². The van der Waals surface area contributed by atoms with Gasteiger partial charge in [0.05, 0.1) is 21.3 Å². The summed E-state index contributed by atoms with van der Waals surface area (Å²) in [4.78, 5) is 4.39. The lowest BCUT2D eigenvalue weighted by atomic mass is 9.80. The van der Waals surface area contributed by atoms with Crippen LogP contribution in [0.3, 0.4) is 0 Å². The Morgan fingerprint density at radius 2 is 1.53 bits per heavy atom. The molecule has 1 aromatic carbocycles. The van der Waals surface area contributed by atoms with E-state index in [9.17, 15) is 0 Å². The number of likely N-dealkylation sites (N-methyl/N-ethyl adjacent to an activating group) is 1. The normalized spacial score (nSPS) is 17.7. The highest BCUT2D eigenvalue weighted by atomic mass is 32.1. The summed E-state index contributed by atoms with van der Waals surface area (Å²) in [7, 11) is 9.04. The molecule has 8 heteroatoms. The van der Waals surface area contributed by atoms with E-state index in [-0.39, 0.29) is 11.1 Å². The fraction of sp³-hybridized carbons (Fsp3) is 0.708. The maximum absolute atomic E-state index is 5.92. The summed E-state index contributed by atoms with van der Waals surface area (Å²) in [6, 6.07) is 4.29. The highest BCUT2D eigenvalue weighted by Gasteiger charge is 2.38. The molecule has 0 atom stereocenters. The third kappa shape index (κ3) is 7.39. The second kappa shape index (κ2) is 10.9. The van der Waals surface area contributed by atoms with E-state index in [4.69, 9.17) is 26.4 Å².